The van der Waals surface area contributed by atoms with Crippen LogP contribution in [0, 0.1) is 6.92 Å². The van der Waals surface area contributed by atoms with Gasteiger partial charge < -0.3 is 19.9 Å². The number of amides is 3. The smallest absolute Gasteiger partial charge is 0.406 e. The first kappa shape index (κ1) is 24.3. The van der Waals surface area contributed by atoms with Gasteiger partial charge in [0.2, 0.25) is 6.41 Å². The maximum absolute atomic E-state index is 13.1. The molecule has 186 valence electrons. The SMILES string of the molecule is Cc1nn(C)c2ncc(N(C=O)C(=O)Nc3cccc(OC(F)(F)F)c3)c(N3CCN(C)CC3)c12. The van der Waals surface area contributed by atoms with Crippen LogP contribution in [-0.4, -0.2) is 71.7 Å². The number of benzene rings is 1. The first-order valence-electron chi connectivity index (χ1n) is 10.7. The fraction of sp³-hybridized carbons (Fsp3) is 0.364. The van der Waals surface area contributed by atoms with Gasteiger partial charge in [-0.1, -0.05) is 6.07 Å². The van der Waals surface area contributed by atoms with Crippen molar-refractivity contribution >= 4 is 40.5 Å². The second kappa shape index (κ2) is 9.41. The van der Waals surface area contributed by atoms with Crippen LogP contribution in [0.1, 0.15) is 5.69 Å². The number of carbonyl (C=O) groups is 2. The average molecular weight is 491 g/mol. The molecule has 0 aliphatic carbocycles. The van der Waals surface area contributed by atoms with Crippen LogP contribution in [0.4, 0.5) is 35.0 Å². The molecule has 0 unspecified atom stereocenters. The number of pyridine rings is 1. The van der Waals surface area contributed by atoms with Crippen molar-refractivity contribution in [2.75, 3.05) is 48.3 Å². The number of fused-ring (bicyclic) bond motifs is 1. The van der Waals surface area contributed by atoms with Crippen LogP contribution in [0.2, 0.25) is 0 Å². The quantitative estimate of drug-likeness (QED) is 0.548. The molecular formula is C22H24F3N7O3. The van der Waals surface area contributed by atoms with Crippen LogP contribution in [0.3, 0.4) is 0 Å². The van der Waals surface area contributed by atoms with Gasteiger partial charge in [-0.3, -0.25) is 9.48 Å². The number of hydrogen-bond donors (Lipinski definition) is 1. The molecular weight excluding hydrogens is 467 g/mol. The number of piperazine rings is 1. The van der Waals surface area contributed by atoms with Crippen LogP contribution in [0.25, 0.3) is 11.0 Å². The molecule has 0 atom stereocenters. The molecule has 13 heteroatoms. The summed E-state index contributed by atoms with van der Waals surface area (Å²) in [4.78, 5) is 34.7. The van der Waals surface area contributed by atoms with Gasteiger partial charge in [0.05, 0.1) is 28.7 Å². The zero-order valence-corrected chi connectivity index (χ0v) is 19.3. The second-order valence-electron chi connectivity index (χ2n) is 8.17. The largest absolute Gasteiger partial charge is 0.573 e. The number of aromatic nitrogens is 3. The summed E-state index contributed by atoms with van der Waals surface area (Å²) in [6.45, 7) is 4.69. The average Bonchev–Trinajstić information content (AvgIpc) is 3.07. The number of hydrogen-bond acceptors (Lipinski definition) is 7. The summed E-state index contributed by atoms with van der Waals surface area (Å²) in [5.41, 5.74) is 2.20. The summed E-state index contributed by atoms with van der Waals surface area (Å²) in [6, 6.07) is 3.95. The minimum atomic E-state index is -4.88. The molecule has 1 aliphatic heterocycles. The Labute approximate surface area is 198 Å². The standard InChI is InChI=1S/C22H24F3N7O3/c1-14-18-19(31-9-7-29(2)8-10-31)17(12-26-20(18)30(3)28-14)32(13-33)21(34)27-15-5-4-6-16(11-15)35-22(23,24)25/h4-6,11-13H,7-10H2,1-3H3,(H,27,34). The molecule has 1 N–H and O–H groups in total. The topological polar surface area (TPSA) is 95.8 Å². The van der Waals surface area contributed by atoms with Crippen molar-refractivity contribution in [3.8, 4) is 5.75 Å². The molecule has 2 aromatic heterocycles. The number of nitrogens with one attached hydrogen (secondary N) is 1. The van der Waals surface area contributed by atoms with Gasteiger partial charge in [-0.15, -0.1) is 13.2 Å². The van der Waals surface area contributed by atoms with Gasteiger partial charge in [0.25, 0.3) is 0 Å². The number of alkyl halides is 3. The van der Waals surface area contributed by atoms with E-state index in [2.05, 4.69) is 29.9 Å². The fourth-order valence-corrected chi connectivity index (χ4v) is 4.08. The lowest BCUT2D eigenvalue weighted by Crippen LogP contribution is -2.45. The zero-order valence-electron chi connectivity index (χ0n) is 19.3. The first-order valence-corrected chi connectivity index (χ1v) is 10.7. The number of ether oxygens (including phenoxy) is 1. The van der Waals surface area contributed by atoms with Gasteiger partial charge in [-0.05, 0) is 26.1 Å². The van der Waals surface area contributed by atoms with Gasteiger partial charge in [-0.25, -0.2) is 14.7 Å². The van der Waals surface area contributed by atoms with E-state index in [0.29, 0.717) is 36.5 Å². The minimum Gasteiger partial charge on any atom is -0.406 e. The highest BCUT2D eigenvalue weighted by atomic mass is 19.4. The Morgan fingerprint density at radius 1 is 1.20 bits per heavy atom. The van der Waals surface area contributed by atoms with Crippen LogP contribution in [0.15, 0.2) is 30.5 Å². The third-order valence-corrected chi connectivity index (χ3v) is 5.70. The van der Waals surface area contributed by atoms with Crippen molar-refractivity contribution in [1.29, 1.82) is 0 Å². The highest BCUT2D eigenvalue weighted by Crippen LogP contribution is 2.38. The lowest BCUT2D eigenvalue weighted by atomic mass is 10.1. The Kier molecular flexibility index (Phi) is 6.52. The fourth-order valence-electron chi connectivity index (χ4n) is 4.08. The maximum atomic E-state index is 13.1. The third-order valence-electron chi connectivity index (χ3n) is 5.70. The number of imide groups is 1. The predicted octanol–water partition coefficient (Wildman–Crippen LogP) is 3.12. The minimum absolute atomic E-state index is 0.0244. The van der Waals surface area contributed by atoms with Crippen LogP contribution in [0.5, 0.6) is 5.75 Å². The first-order chi connectivity index (χ1) is 16.6. The number of carbonyl (C=O) groups excluding carboxylic acids is 2. The van der Waals surface area contributed by atoms with Gasteiger partial charge in [0.1, 0.15) is 5.75 Å². The Balaban J connectivity index is 1.71. The molecule has 4 rings (SSSR count). The van der Waals surface area contributed by atoms with Crippen molar-refractivity contribution < 1.29 is 27.5 Å². The monoisotopic (exact) mass is 491 g/mol. The normalized spacial score (nSPS) is 14.7. The molecule has 1 aliphatic rings. The van der Waals surface area contributed by atoms with Crippen molar-refractivity contribution in [3.05, 3.63) is 36.2 Å². The molecule has 0 bridgehead atoms. The molecule has 3 aromatic rings. The van der Waals surface area contributed by atoms with Crippen molar-refractivity contribution in [1.82, 2.24) is 19.7 Å². The number of halogens is 3. The molecule has 3 heterocycles. The Hall–Kier alpha value is -3.87. The van der Waals surface area contributed by atoms with Crippen molar-refractivity contribution in [2.24, 2.45) is 7.05 Å². The summed E-state index contributed by atoms with van der Waals surface area (Å²) >= 11 is 0. The van der Waals surface area contributed by atoms with E-state index >= 15 is 0 Å². The summed E-state index contributed by atoms with van der Waals surface area (Å²) in [7, 11) is 3.77. The van der Waals surface area contributed by atoms with E-state index < -0.39 is 18.1 Å². The van der Waals surface area contributed by atoms with E-state index in [1.54, 1.807) is 11.7 Å². The van der Waals surface area contributed by atoms with Gasteiger partial charge >= 0.3 is 12.4 Å². The highest BCUT2D eigenvalue weighted by Gasteiger charge is 2.31. The molecule has 0 radical (unpaired) electrons. The number of urea groups is 1. The van der Waals surface area contributed by atoms with Crippen molar-refractivity contribution in [3.63, 3.8) is 0 Å². The predicted molar refractivity (Wildman–Crippen MR) is 124 cm³/mol. The number of nitrogens with zero attached hydrogens (tertiary/aromatic N) is 6. The molecule has 35 heavy (non-hydrogen) atoms. The molecule has 1 fully saturated rings. The van der Waals surface area contributed by atoms with E-state index in [0.717, 1.165) is 35.5 Å². The summed E-state index contributed by atoms with van der Waals surface area (Å²) in [5, 5.41) is 7.62. The summed E-state index contributed by atoms with van der Waals surface area (Å²) < 4.78 is 43.2. The molecule has 0 spiro atoms. The Morgan fingerprint density at radius 3 is 2.57 bits per heavy atom. The second-order valence-corrected chi connectivity index (χ2v) is 8.17. The molecule has 10 nitrogen and oxygen atoms in total. The van der Waals surface area contributed by atoms with E-state index in [1.165, 1.54) is 18.3 Å². The zero-order chi connectivity index (χ0) is 25.3. The molecule has 3 amide bonds. The molecule has 1 aromatic carbocycles. The van der Waals surface area contributed by atoms with Crippen LogP contribution in [-0.2, 0) is 11.8 Å². The van der Waals surface area contributed by atoms with Gasteiger partial charge in [0.15, 0.2) is 5.65 Å². The van der Waals surface area contributed by atoms with Crippen molar-refractivity contribution in [2.45, 2.75) is 13.3 Å². The lowest BCUT2D eigenvalue weighted by Gasteiger charge is -2.36. The summed E-state index contributed by atoms with van der Waals surface area (Å²) in [6.07, 6.45) is -3.11. The third kappa shape index (κ3) is 5.14. The van der Waals surface area contributed by atoms with Gasteiger partial charge in [-0.2, -0.15) is 5.10 Å². The maximum Gasteiger partial charge on any atom is 0.573 e. The summed E-state index contributed by atoms with van der Waals surface area (Å²) in [5.74, 6) is -0.500. The van der Waals surface area contributed by atoms with E-state index in [-0.39, 0.29) is 11.4 Å². The van der Waals surface area contributed by atoms with E-state index in [4.69, 9.17) is 0 Å². The number of aryl methyl sites for hydroxylation is 2. The number of likely N-dealkylation sites (N-methyl/N-ethyl adjacent to an activating group) is 1. The molecule has 1 saturated heterocycles. The van der Waals surface area contributed by atoms with Crippen LogP contribution < -0.4 is 19.9 Å². The van der Waals surface area contributed by atoms with E-state index in [9.17, 15) is 22.8 Å². The van der Waals surface area contributed by atoms with E-state index in [1.807, 2.05) is 14.0 Å². The molecule has 0 saturated carbocycles. The Morgan fingerprint density at radius 2 is 1.91 bits per heavy atom. The number of anilines is 3. The van der Waals surface area contributed by atoms with Crippen LogP contribution >= 0.6 is 0 Å². The van der Waals surface area contributed by atoms with Gasteiger partial charge in [0, 0.05) is 45.0 Å². The number of rotatable bonds is 5. The Bertz CT molecular complexity index is 1250. The highest BCUT2D eigenvalue weighted by molar-refractivity contribution is 6.16. The lowest BCUT2D eigenvalue weighted by molar-refractivity contribution is -0.274.